The highest BCUT2D eigenvalue weighted by Gasteiger charge is 2.17. The molecule has 2 heteroatoms. The SMILES string of the molecule is CN1CC=CC=C1N1CCCC1. The summed E-state index contributed by atoms with van der Waals surface area (Å²) in [4.78, 5) is 4.79. The van der Waals surface area contributed by atoms with Crippen molar-refractivity contribution in [3.8, 4) is 0 Å². The van der Waals surface area contributed by atoms with Crippen molar-refractivity contribution in [2.75, 3.05) is 26.7 Å². The summed E-state index contributed by atoms with van der Waals surface area (Å²) in [6, 6.07) is 0. The van der Waals surface area contributed by atoms with Gasteiger partial charge in [0, 0.05) is 26.7 Å². The summed E-state index contributed by atoms with van der Waals surface area (Å²) in [5.74, 6) is 1.40. The van der Waals surface area contributed by atoms with Crippen LogP contribution >= 0.6 is 0 Å². The van der Waals surface area contributed by atoms with Crippen molar-refractivity contribution in [3.05, 3.63) is 24.0 Å². The van der Waals surface area contributed by atoms with Crippen LogP contribution in [-0.4, -0.2) is 36.5 Å². The van der Waals surface area contributed by atoms with E-state index in [1.165, 1.54) is 31.8 Å². The number of hydrogen-bond acceptors (Lipinski definition) is 2. The van der Waals surface area contributed by atoms with Crippen LogP contribution in [-0.2, 0) is 0 Å². The Morgan fingerprint density at radius 3 is 2.67 bits per heavy atom. The molecule has 0 N–H and O–H groups in total. The molecule has 0 radical (unpaired) electrons. The molecule has 12 heavy (non-hydrogen) atoms. The van der Waals surface area contributed by atoms with Gasteiger partial charge in [-0.2, -0.15) is 0 Å². The third-order valence-corrected chi connectivity index (χ3v) is 2.58. The highest BCUT2D eigenvalue weighted by atomic mass is 15.3. The lowest BCUT2D eigenvalue weighted by atomic mass is 10.3. The maximum atomic E-state index is 2.48. The Balaban J connectivity index is 2.09. The zero-order valence-corrected chi connectivity index (χ0v) is 7.66. The molecule has 2 rings (SSSR count). The van der Waals surface area contributed by atoms with Crippen molar-refractivity contribution >= 4 is 0 Å². The van der Waals surface area contributed by atoms with Crippen LogP contribution in [0.2, 0.25) is 0 Å². The first-order chi connectivity index (χ1) is 5.88. The van der Waals surface area contributed by atoms with E-state index in [9.17, 15) is 0 Å². The van der Waals surface area contributed by atoms with Crippen LogP contribution in [0.15, 0.2) is 24.0 Å². The topological polar surface area (TPSA) is 6.48 Å². The highest BCUT2D eigenvalue weighted by Crippen LogP contribution is 2.18. The van der Waals surface area contributed by atoms with Gasteiger partial charge in [-0.05, 0) is 18.9 Å². The van der Waals surface area contributed by atoms with Crippen molar-refractivity contribution in [2.24, 2.45) is 0 Å². The molecule has 0 aromatic heterocycles. The molecule has 0 amide bonds. The molecule has 1 fully saturated rings. The van der Waals surface area contributed by atoms with Crippen LogP contribution in [0.1, 0.15) is 12.8 Å². The van der Waals surface area contributed by atoms with E-state index in [1.807, 2.05) is 0 Å². The summed E-state index contributed by atoms with van der Waals surface area (Å²) in [5, 5.41) is 0. The fourth-order valence-corrected chi connectivity index (χ4v) is 1.89. The first-order valence-electron chi connectivity index (χ1n) is 4.71. The van der Waals surface area contributed by atoms with Crippen molar-refractivity contribution in [3.63, 3.8) is 0 Å². The quantitative estimate of drug-likeness (QED) is 0.578. The van der Waals surface area contributed by atoms with E-state index in [2.05, 4.69) is 35.1 Å². The fourth-order valence-electron chi connectivity index (χ4n) is 1.89. The molecule has 66 valence electrons. The summed E-state index contributed by atoms with van der Waals surface area (Å²) in [6.07, 6.45) is 9.28. The lowest BCUT2D eigenvalue weighted by Crippen LogP contribution is -2.32. The predicted molar refractivity (Wildman–Crippen MR) is 50.7 cm³/mol. The lowest BCUT2D eigenvalue weighted by Gasteiger charge is -2.31. The Morgan fingerprint density at radius 2 is 2.00 bits per heavy atom. The second kappa shape index (κ2) is 3.21. The predicted octanol–water partition coefficient (Wildman–Crippen LogP) is 1.43. The molecule has 2 aliphatic heterocycles. The minimum absolute atomic E-state index is 1.06. The molecule has 0 aromatic rings. The first-order valence-corrected chi connectivity index (χ1v) is 4.71. The molecular weight excluding hydrogens is 148 g/mol. The number of allylic oxidation sites excluding steroid dienone is 2. The van der Waals surface area contributed by atoms with Gasteiger partial charge in [-0.3, -0.25) is 0 Å². The van der Waals surface area contributed by atoms with Crippen LogP contribution in [0.4, 0.5) is 0 Å². The average Bonchev–Trinajstić information content (AvgIpc) is 2.57. The maximum absolute atomic E-state index is 2.48. The number of likely N-dealkylation sites (tertiary alicyclic amines) is 1. The van der Waals surface area contributed by atoms with Gasteiger partial charge in [-0.15, -0.1) is 0 Å². The van der Waals surface area contributed by atoms with Crippen molar-refractivity contribution in [1.82, 2.24) is 9.80 Å². The summed E-state index contributed by atoms with van der Waals surface area (Å²) >= 11 is 0. The highest BCUT2D eigenvalue weighted by molar-refractivity contribution is 5.16. The Morgan fingerprint density at radius 1 is 1.25 bits per heavy atom. The minimum atomic E-state index is 1.06. The number of rotatable bonds is 1. The van der Waals surface area contributed by atoms with E-state index < -0.39 is 0 Å². The van der Waals surface area contributed by atoms with Crippen molar-refractivity contribution < 1.29 is 0 Å². The number of likely N-dealkylation sites (N-methyl/N-ethyl adjacent to an activating group) is 1. The smallest absolute Gasteiger partial charge is 0.104 e. The summed E-state index contributed by atoms with van der Waals surface area (Å²) < 4.78 is 0. The van der Waals surface area contributed by atoms with Gasteiger partial charge in [0.15, 0.2) is 0 Å². The molecule has 0 aliphatic carbocycles. The molecule has 2 heterocycles. The van der Waals surface area contributed by atoms with Gasteiger partial charge in [0.1, 0.15) is 5.82 Å². The van der Waals surface area contributed by atoms with Gasteiger partial charge in [-0.25, -0.2) is 0 Å². The van der Waals surface area contributed by atoms with E-state index in [0.717, 1.165) is 6.54 Å². The van der Waals surface area contributed by atoms with Gasteiger partial charge in [0.2, 0.25) is 0 Å². The molecular formula is C10H16N2. The molecule has 0 atom stereocenters. The average molecular weight is 164 g/mol. The Labute approximate surface area is 74.2 Å². The van der Waals surface area contributed by atoms with E-state index in [-0.39, 0.29) is 0 Å². The number of nitrogens with zero attached hydrogens (tertiary/aromatic N) is 2. The van der Waals surface area contributed by atoms with E-state index in [1.54, 1.807) is 0 Å². The van der Waals surface area contributed by atoms with Gasteiger partial charge in [0.25, 0.3) is 0 Å². The van der Waals surface area contributed by atoms with E-state index in [4.69, 9.17) is 0 Å². The monoisotopic (exact) mass is 164 g/mol. The Bertz CT molecular complexity index is 212. The minimum Gasteiger partial charge on any atom is -0.358 e. The fraction of sp³-hybridized carbons (Fsp3) is 0.600. The van der Waals surface area contributed by atoms with Crippen molar-refractivity contribution in [1.29, 1.82) is 0 Å². The molecule has 0 spiro atoms. The molecule has 0 bridgehead atoms. The zero-order chi connectivity index (χ0) is 8.39. The van der Waals surface area contributed by atoms with E-state index >= 15 is 0 Å². The van der Waals surface area contributed by atoms with E-state index in [0.29, 0.717) is 0 Å². The lowest BCUT2D eigenvalue weighted by molar-refractivity contribution is 0.282. The molecule has 2 nitrogen and oxygen atoms in total. The van der Waals surface area contributed by atoms with Crippen LogP contribution in [0.5, 0.6) is 0 Å². The summed E-state index contributed by atoms with van der Waals surface area (Å²) in [7, 11) is 2.16. The Hall–Kier alpha value is -0.920. The molecule has 2 aliphatic rings. The normalized spacial score (nSPS) is 23.2. The third-order valence-electron chi connectivity index (χ3n) is 2.58. The van der Waals surface area contributed by atoms with Gasteiger partial charge in [0.05, 0.1) is 0 Å². The second-order valence-corrected chi connectivity index (χ2v) is 3.53. The van der Waals surface area contributed by atoms with Crippen LogP contribution in [0.3, 0.4) is 0 Å². The third kappa shape index (κ3) is 1.33. The maximum Gasteiger partial charge on any atom is 0.104 e. The summed E-state index contributed by atoms with van der Waals surface area (Å²) in [6.45, 7) is 3.54. The molecule has 0 saturated carbocycles. The molecule has 1 saturated heterocycles. The zero-order valence-electron chi connectivity index (χ0n) is 7.66. The second-order valence-electron chi connectivity index (χ2n) is 3.53. The molecule has 0 aromatic carbocycles. The van der Waals surface area contributed by atoms with Gasteiger partial charge in [-0.1, -0.05) is 12.2 Å². The van der Waals surface area contributed by atoms with Gasteiger partial charge >= 0.3 is 0 Å². The van der Waals surface area contributed by atoms with Gasteiger partial charge < -0.3 is 9.80 Å². The Kier molecular flexibility index (Phi) is 2.07. The summed E-state index contributed by atoms with van der Waals surface area (Å²) in [5.41, 5.74) is 0. The standard InChI is InChI=1S/C10H16N2/c1-11-7-3-2-6-10(11)12-8-4-5-9-12/h2-3,6H,4-5,7-9H2,1H3. The number of hydrogen-bond donors (Lipinski definition) is 0. The van der Waals surface area contributed by atoms with Crippen LogP contribution in [0, 0.1) is 0 Å². The first kappa shape index (κ1) is 7.71. The van der Waals surface area contributed by atoms with Crippen LogP contribution < -0.4 is 0 Å². The largest absolute Gasteiger partial charge is 0.358 e. The van der Waals surface area contributed by atoms with Crippen LogP contribution in [0.25, 0.3) is 0 Å². The van der Waals surface area contributed by atoms with Crippen molar-refractivity contribution in [2.45, 2.75) is 12.8 Å². The molecule has 0 unspecified atom stereocenters.